The minimum atomic E-state index is -0.903. The van der Waals surface area contributed by atoms with Gasteiger partial charge in [0.1, 0.15) is 6.04 Å². The summed E-state index contributed by atoms with van der Waals surface area (Å²) in [5.74, 6) is -1.16. The molecule has 0 aliphatic heterocycles. The summed E-state index contributed by atoms with van der Waals surface area (Å²) in [4.78, 5) is 35.4. The highest BCUT2D eigenvalue weighted by molar-refractivity contribution is 5.89. The van der Waals surface area contributed by atoms with Crippen molar-refractivity contribution in [2.24, 2.45) is 17.4 Å². The molecule has 0 radical (unpaired) electrons. The van der Waals surface area contributed by atoms with Crippen molar-refractivity contribution < 1.29 is 14.4 Å². The van der Waals surface area contributed by atoms with Gasteiger partial charge in [0, 0.05) is 13.0 Å². The number of primary amides is 1. The number of nitriles is 1. The molecule has 2 atom stereocenters. The maximum Gasteiger partial charge on any atom is 0.240 e. The number of amides is 3. The van der Waals surface area contributed by atoms with E-state index in [1.807, 2.05) is 19.9 Å². The van der Waals surface area contributed by atoms with Gasteiger partial charge in [-0.2, -0.15) is 5.26 Å². The summed E-state index contributed by atoms with van der Waals surface area (Å²) in [5.41, 5.74) is 12.5. The van der Waals surface area contributed by atoms with Gasteiger partial charge in [-0.05, 0) is 36.5 Å². The van der Waals surface area contributed by atoms with E-state index in [2.05, 4.69) is 10.6 Å². The second-order valence-electron chi connectivity index (χ2n) is 6.82. The topological polar surface area (TPSA) is 151 Å². The van der Waals surface area contributed by atoms with Gasteiger partial charge in [-0.1, -0.05) is 26.0 Å². The molecule has 0 unspecified atom stereocenters. The van der Waals surface area contributed by atoms with E-state index in [0.717, 1.165) is 5.56 Å². The molecule has 0 heterocycles. The number of hydrogen-bond acceptors (Lipinski definition) is 5. The van der Waals surface area contributed by atoms with Crippen LogP contribution >= 0.6 is 0 Å². The molecule has 8 heteroatoms. The SMILES string of the molecule is CC(C)C[C@H](NC(=O)[C@@H](N)CCC(=O)NCc1ccc(C#N)cc1)C(N)=O. The van der Waals surface area contributed by atoms with Gasteiger partial charge in [0.15, 0.2) is 0 Å². The van der Waals surface area contributed by atoms with Crippen LogP contribution < -0.4 is 22.1 Å². The van der Waals surface area contributed by atoms with Crippen LogP contribution in [-0.2, 0) is 20.9 Å². The molecular formula is C19H27N5O3. The fourth-order valence-corrected chi connectivity index (χ4v) is 2.40. The molecule has 27 heavy (non-hydrogen) atoms. The van der Waals surface area contributed by atoms with Crippen LogP contribution in [0.3, 0.4) is 0 Å². The van der Waals surface area contributed by atoms with Gasteiger partial charge in [0.05, 0.1) is 17.7 Å². The first kappa shape index (κ1) is 22.1. The summed E-state index contributed by atoms with van der Waals surface area (Å²) in [5, 5.41) is 14.0. The lowest BCUT2D eigenvalue weighted by Crippen LogP contribution is -2.51. The van der Waals surface area contributed by atoms with E-state index in [1.54, 1.807) is 24.3 Å². The molecule has 1 rings (SSSR count). The fourth-order valence-electron chi connectivity index (χ4n) is 2.40. The summed E-state index contributed by atoms with van der Waals surface area (Å²) in [6.45, 7) is 4.16. The van der Waals surface area contributed by atoms with Crippen LogP contribution in [0, 0.1) is 17.2 Å². The molecule has 8 nitrogen and oxygen atoms in total. The van der Waals surface area contributed by atoms with Crippen LogP contribution in [0.4, 0.5) is 0 Å². The first-order valence-corrected chi connectivity index (χ1v) is 8.84. The Morgan fingerprint density at radius 2 is 1.81 bits per heavy atom. The Balaban J connectivity index is 2.39. The van der Waals surface area contributed by atoms with E-state index in [9.17, 15) is 14.4 Å². The summed E-state index contributed by atoms with van der Waals surface area (Å²) in [7, 11) is 0. The quantitative estimate of drug-likeness (QED) is 0.465. The van der Waals surface area contributed by atoms with Gasteiger partial charge in [-0.15, -0.1) is 0 Å². The van der Waals surface area contributed by atoms with Crippen LogP contribution in [0.25, 0.3) is 0 Å². The lowest BCUT2D eigenvalue weighted by molar-refractivity contribution is -0.128. The highest BCUT2D eigenvalue weighted by Crippen LogP contribution is 2.06. The van der Waals surface area contributed by atoms with Gasteiger partial charge >= 0.3 is 0 Å². The van der Waals surface area contributed by atoms with Gasteiger partial charge in [-0.3, -0.25) is 14.4 Å². The lowest BCUT2D eigenvalue weighted by atomic mass is 10.0. The number of carbonyl (C=O) groups is 3. The van der Waals surface area contributed by atoms with Crippen molar-refractivity contribution in [2.75, 3.05) is 0 Å². The van der Waals surface area contributed by atoms with Crippen molar-refractivity contribution in [1.29, 1.82) is 5.26 Å². The van der Waals surface area contributed by atoms with E-state index in [0.29, 0.717) is 18.5 Å². The first-order chi connectivity index (χ1) is 12.7. The van der Waals surface area contributed by atoms with E-state index in [4.69, 9.17) is 16.7 Å². The predicted molar refractivity (Wildman–Crippen MR) is 101 cm³/mol. The monoisotopic (exact) mass is 373 g/mol. The second kappa shape index (κ2) is 10.9. The highest BCUT2D eigenvalue weighted by Gasteiger charge is 2.23. The molecule has 146 valence electrons. The molecular weight excluding hydrogens is 346 g/mol. The maximum absolute atomic E-state index is 12.1. The molecule has 0 bridgehead atoms. The molecule has 0 fully saturated rings. The minimum Gasteiger partial charge on any atom is -0.368 e. The molecule has 3 amide bonds. The zero-order valence-corrected chi connectivity index (χ0v) is 15.7. The molecule has 0 aliphatic carbocycles. The van der Waals surface area contributed by atoms with Crippen molar-refractivity contribution in [2.45, 2.75) is 51.7 Å². The smallest absolute Gasteiger partial charge is 0.240 e. The maximum atomic E-state index is 12.1. The summed E-state index contributed by atoms with van der Waals surface area (Å²) < 4.78 is 0. The second-order valence-corrected chi connectivity index (χ2v) is 6.82. The Morgan fingerprint density at radius 3 is 2.33 bits per heavy atom. The summed E-state index contributed by atoms with van der Waals surface area (Å²) in [6, 6.07) is 7.22. The number of nitrogens with one attached hydrogen (secondary N) is 2. The van der Waals surface area contributed by atoms with Crippen LogP contribution in [0.5, 0.6) is 0 Å². The Bertz CT molecular complexity index is 694. The highest BCUT2D eigenvalue weighted by atomic mass is 16.2. The van der Waals surface area contributed by atoms with Crippen LogP contribution in [0.2, 0.25) is 0 Å². The van der Waals surface area contributed by atoms with E-state index < -0.39 is 23.9 Å². The summed E-state index contributed by atoms with van der Waals surface area (Å²) >= 11 is 0. The average Bonchev–Trinajstić information content (AvgIpc) is 2.63. The van der Waals surface area contributed by atoms with Gasteiger partial charge in [0.2, 0.25) is 17.7 Å². The third-order valence-electron chi connectivity index (χ3n) is 3.96. The Kier molecular flexibility index (Phi) is 8.96. The minimum absolute atomic E-state index is 0.0796. The molecule has 1 aromatic rings. The molecule has 0 saturated carbocycles. The lowest BCUT2D eigenvalue weighted by Gasteiger charge is -2.20. The molecule has 1 aromatic carbocycles. The Labute approximate surface area is 159 Å². The summed E-state index contributed by atoms with van der Waals surface area (Å²) in [6.07, 6.45) is 0.660. The number of benzene rings is 1. The molecule has 0 spiro atoms. The van der Waals surface area contributed by atoms with Crippen LogP contribution in [0.15, 0.2) is 24.3 Å². The van der Waals surface area contributed by atoms with Crippen molar-refractivity contribution in [3.63, 3.8) is 0 Å². The van der Waals surface area contributed by atoms with E-state index in [-0.39, 0.29) is 24.7 Å². The van der Waals surface area contributed by atoms with Crippen molar-refractivity contribution in [3.8, 4) is 6.07 Å². The van der Waals surface area contributed by atoms with E-state index in [1.165, 1.54) is 0 Å². The van der Waals surface area contributed by atoms with Gasteiger partial charge in [0.25, 0.3) is 0 Å². The number of carbonyl (C=O) groups excluding carboxylic acids is 3. The number of hydrogen-bond donors (Lipinski definition) is 4. The number of nitrogens with zero attached hydrogens (tertiary/aromatic N) is 1. The van der Waals surface area contributed by atoms with Crippen molar-refractivity contribution in [3.05, 3.63) is 35.4 Å². The number of rotatable bonds is 10. The van der Waals surface area contributed by atoms with Gasteiger partial charge < -0.3 is 22.1 Å². The van der Waals surface area contributed by atoms with Crippen molar-refractivity contribution >= 4 is 17.7 Å². The molecule has 0 aliphatic rings. The Hall–Kier alpha value is -2.92. The molecule has 0 saturated heterocycles. The first-order valence-electron chi connectivity index (χ1n) is 8.84. The molecule has 6 N–H and O–H groups in total. The normalized spacial score (nSPS) is 12.7. The standard InChI is InChI=1S/C19H27N5O3/c1-12(2)9-16(18(22)26)24-19(27)15(21)7-8-17(25)23-11-14-5-3-13(10-20)4-6-14/h3-6,12,15-16H,7-9,11,21H2,1-2H3,(H2,22,26)(H,23,25)(H,24,27)/t15-,16-/m0/s1. The zero-order chi connectivity index (χ0) is 20.4. The van der Waals surface area contributed by atoms with Crippen LogP contribution in [0.1, 0.15) is 44.2 Å². The molecule has 0 aromatic heterocycles. The largest absolute Gasteiger partial charge is 0.368 e. The Morgan fingerprint density at radius 1 is 1.19 bits per heavy atom. The van der Waals surface area contributed by atoms with Gasteiger partial charge in [-0.25, -0.2) is 0 Å². The predicted octanol–water partition coefficient (Wildman–Crippen LogP) is 0.298. The van der Waals surface area contributed by atoms with Crippen LogP contribution in [-0.4, -0.2) is 29.8 Å². The average molecular weight is 373 g/mol. The zero-order valence-electron chi connectivity index (χ0n) is 15.7. The fraction of sp³-hybridized carbons (Fsp3) is 0.474. The third kappa shape index (κ3) is 8.33. The third-order valence-corrected chi connectivity index (χ3v) is 3.96. The number of nitrogens with two attached hydrogens (primary N) is 2. The van der Waals surface area contributed by atoms with Crippen molar-refractivity contribution in [1.82, 2.24) is 10.6 Å². The van der Waals surface area contributed by atoms with E-state index >= 15 is 0 Å².